The van der Waals surface area contributed by atoms with Gasteiger partial charge in [0.1, 0.15) is 12.5 Å². The number of likely N-dealkylation sites (tertiary alicyclic amines) is 2. The van der Waals surface area contributed by atoms with Crippen LogP contribution in [0.5, 0.6) is 6.01 Å². The third kappa shape index (κ3) is 18.3. The molecule has 96 heavy (non-hydrogen) atoms. The second kappa shape index (κ2) is 34.9. The fraction of sp³-hybridized carbons (Fsp3) is 0.329. The van der Waals surface area contributed by atoms with Crippen LogP contribution in [0.2, 0.25) is 10.0 Å². The van der Waals surface area contributed by atoms with E-state index in [9.17, 15) is 4.79 Å². The number of fused-ring (bicyclic) bond motifs is 6. The SMILES string of the molecule is CN(C)CCCN1c2ccccc2Sc2ccccc21.CN1CCCC(CN2c3ccccc3Sc3ccccc32)C1.COCCOc1nc(-c2ccc(Cl)c(Cl)c2)n(-c2ccc(NC(=O)CCl)cc2)n1.CSc1ccc2c(c1)N(CCC1CCCCN1C)c1ccccc1S2. The molecule has 1 amide bonds. The van der Waals surface area contributed by atoms with Crippen LogP contribution in [0.25, 0.3) is 17.1 Å². The number of nitrogens with zero attached hydrogens (tertiary/aromatic N) is 9. The Morgan fingerprint density at radius 3 is 1.75 bits per heavy atom. The number of carbonyl (C=O) groups excluding carboxylic acids is 1. The van der Waals surface area contributed by atoms with E-state index in [0.29, 0.717) is 46.0 Å². The first-order valence-corrected chi connectivity index (χ1v) is 37.8. The molecular weight excluding hydrogens is 1340 g/mol. The van der Waals surface area contributed by atoms with Gasteiger partial charge in [0.25, 0.3) is 0 Å². The number of amides is 1. The summed E-state index contributed by atoms with van der Waals surface area (Å²) in [6, 6.07) is 64.0. The summed E-state index contributed by atoms with van der Waals surface area (Å²) in [7, 11) is 10.4. The second-order valence-electron chi connectivity index (χ2n) is 24.6. The fourth-order valence-electron chi connectivity index (χ4n) is 12.6. The number of hydrogen-bond donors (Lipinski definition) is 1. The number of hydrogen-bond acceptors (Lipinski definition) is 15. The molecule has 1 N–H and O–H groups in total. The molecule has 0 bridgehead atoms. The Balaban J connectivity index is 0.000000131. The lowest BCUT2D eigenvalue weighted by Gasteiger charge is -2.38. The maximum atomic E-state index is 11.4. The smallest absolute Gasteiger partial charge is 0.336 e. The van der Waals surface area contributed by atoms with Crippen molar-refractivity contribution in [1.82, 2.24) is 29.5 Å². The summed E-state index contributed by atoms with van der Waals surface area (Å²) in [5.74, 6) is 0.871. The minimum absolute atomic E-state index is 0.117. The zero-order chi connectivity index (χ0) is 66.9. The van der Waals surface area contributed by atoms with E-state index < -0.39 is 0 Å². The highest BCUT2D eigenvalue weighted by atomic mass is 35.5. The first kappa shape index (κ1) is 71.0. The van der Waals surface area contributed by atoms with Gasteiger partial charge in [-0.3, -0.25) is 4.79 Å². The van der Waals surface area contributed by atoms with Crippen molar-refractivity contribution in [2.45, 2.75) is 85.3 Å². The number of para-hydroxylation sites is 5. The number of ether oxygens (including phenoxy) is 2. The number of carbonyl (C=O) groups is 1. The largest absolute Gasteiger partial charge is 0.460 e. The Morgan fingerprint density at radius 2 is 1.21 bits per heavy atom. The summed E-state index contributed by atoms with van der Waals surface area (Å²) in [4.78, 5) is 40.3. The van der Waals surface area contributed by atoms with Crippen LogP contribution in [-0.2, 0) is 9.53 Å². The van der Waals surface area contributed by atoms with Crippen LogP contribution >= 0.6 is 81.9 Å². The minimum atomic E-state index is -0.287. The van der Waals surface area contributed by atoms with Gasteiger partial charge in [-0.2, -0.15) is 4.98 Å². The lowest BCUT2D eigenvalue weighted by atomic mass is 9.97. The van der Waals surface area contributed by atoms with E-state index in [2.05, 4.69) is 219 Å². The summed E-state index contributed by atoms with van der Waals surface area (Å²) in [6.07, 6.45) is 11.3. The molecule has 502 valence electrons. The van der Waals surface area contributed by atoms with Gasteiger partial charge >= 0.3 is 6.01 Å². The molecule has 8 aromatic carbocycles. The average Bonchev–Trinajstić information content (AvgIpc) is 1.00. The number of nitrogens with one attached hydrogen (secondary N) is 1. The van der Waals surface area contributed by atoms with E-state index in [1.54, 1.807) is 54.3 Å². The molecule has 1 aromatic heterocycles. The Morgan fingerprint density at radius 1 is 0.635 bits per heavy atom. The number of anilines is 7. The van der Waals surface area contributed by atoms with Crippen LogP contribution < -0.4 is 24.8 Å². The number of rotatable bonds is 18. The Bertz CT molecular complexity index is 3940. The highest BCUT2D eigenvalue weighted by Crippen LogP contribution is 2.51. The lowest BCUT2D eigenvalue weighted by Crippen LogP contribution is -2.38. The number of piperidine rings is 2. The first-order chi connectivity index (χ1) is 46.8. The van der Waals surface area contributed by atoms with E-state index in [1.807, 2.05) is 47.0 Å². The van der Waals surface area contributed by atoms with E-state index >= 15 is 0 Å². The highest BCUT2D eigenvalue weighted by molar-refractivity contribution is 8.00. The predicted molar refractivity (Wildman–Crippen MR) is 406 cm³/mol. The molecule has 0 spiro atoms. The van der Waals surface area contributed by atoms with Crippen molar-refractivity contribution in [3.05, 3.63) is 192 Å². The average molecular weight is 1420 g/mol. The molecule has 14 rings (SSSR count). The quantitative estimate of drug-likeness (QED) is 0.0501. The zero-order valence-corrected chi connectivity index (χ0v) is 61.0. The van der Waals surface area contributed by atoms with Gasteiger partial charge in [-0.15, -0.1) is 28.5 Å². The number of thioether (sulfide) groups is 1. The van der Waals surface area contributed by atoms with Crippen LogP contribution in [0, 0.1) is 5.92 Å². The van der Waals surface area contributed by atoms with Crippen molar-refractivity contribution in [3.8, 4) is 23.1 Å². The molecule has 0 saturated carbocycles. The van der Waals surface area contributed by atoms with Gasteiger partial charge in [0.15, 0.2) is 5.82 Å². The summed E-state index contributed by atoms with van der Waals surface area (Å²) in [6.45, 7) is 8.84. The zero-order valence-electron chi connectivity index (χ0n) is 55.5. The van der Waals surface area contributed by atoms with Crippen LogP contribution in [0.15, 0.2) is 216 Å². The normalized spacial score (nSPS) is 16.2. The monoisotopic (exact) mass is 1420 g/mol. The topological polar surface area (TPSA) is 97.7 Å². The standard InChI is InChI=1S/C21H26N2S2.C19H17Cl3N4O3.C19H22N2S.C17H20N2S/c1-22-13-6-5-7-16(22)12-14-23-18-8-3-4-9-20(18)25-21-11-10-17(24-2)15-19(21)23;1-28-8-9-29-19-24-18(12-2-7-15(21)16(22)10-12)26(25-19)14-5-3-13(4-6-14)23-17(27)11-20;1-20-12-6-7-15(13-20)14-21-16-8-2-4-10-18(16)22-19-11-5-3-9-17(19)21;1-18(2)12-7-13-19-14-8-3-5-10-16(14)20-17-11-6-4-9-15(17)19/h3-4,8-11,15-16H,5-7,12-14H2,1-2H3;2-7,10H,8-9,11H2,1H3,(H,23,27);2-5,8-11,15H,6-7,12-14H2,1H3;3-6,8-11H,7,12-13H2,1-2H3. The molecule has 2 fully saturated rings. The van der Waals surface area contributed by atoms with Crippen LogP contribution in [0.4, 0.5) is 39.8 Å². The first-order valence-electron chi connectivity index (χ1n) is 32.9. The van der Waals surface area contributed by atoms with Crippen LogP contribution in [0.3, 0.4) is 0 Å². The molecule has 13 nitrogen and oxygen atoms in total. The van der Waals surface area contributed by atoms with E-state index in [0.717, 1.165) is 38.1 Å². The maximum Gasteiger partial charge on any atom is 0.336 e. The fourth-order valence-corrected chi connectivity index (χ4v) is 16.7. The van der Waals surface area contributed by atoms with Gasteiger partial charge < -0.3 is 44.2 Å². The Hall–Kier alpha value is -6.32. The Labute approximate surface area is 599 Å². The Kier molecular flexibility index (Phi) is 25.8. The minimum Gasteiger partial charge on any atom is -0.460 e. The van der Waals surface area contributed by atoms with Crippen molar-refractivity contribution in [3.63, 3.8) is 0 Å². The summed E-state index contributed by atoms with van der Waals surface area (Å²) in [5.41, 5.74) is 10.2. The molecule has 9 aromatic rings. The third-order valence-electron chi connectivity index (χ3n) is 17.5. The second-order valence-corrected chi connectivity index (χ2v) is 29.8. The summed E-state index contributed by atoms with van der Waals surface area (Å²) in [5, 5.41) is 7.96. The van der Waals surface area contributed by atoms with Gasteiger partial charge in [0.2, 0.25) is 5.91 Å². The summed E-state index contributed by atoms with van der Waals surface area (Å²) >= 11 is 25.2. The van der Waals surface area contributed by atoms with E-state index in [1.165, 1.54) is 133 Å². The van der Waals surface area contributed by atoms with Gasteiger partial charge in [-0.05, 0) is 220 Å². The molecule has 2 saturated heterocycles. The van der Waals surface area contributed by atoms with E-state index in [-0.39, 0.29) is 17.8 Å². The number of benzene rings is 8. The molecule has 2 atom stereocenters. The number of methoxy groups -OCH3 is 1. The molecule has 0 aliphatic carbocycles. The predicted octanol–water partition coefficient (Wildman–Crippen LogP) is 19.2. The third-order valence-corrected chi connectivity index (χ3v) is 22.6. The van der Waals surface area contributed by atoms with Crippen LogP contribution in [0.1, 0.15) is 44.9 Å². The van der Waals surface area contributed by atoms with Crippen LogP contribution in [-0.4, -0.2) is 148 Å². The number of aromatic nitrogens is 3. The van der Waals surface area contributed by atoms with Crippen molar-refractivity contribution < 1.29 is 14.3 Å². The molecule has 5 aliphatic heterocycles. The van der Waals surface area contributed by atoms with Crippen molar-refractivity contribution in [1.29, 1.82) is 0 Å². The maximum absolute atomic E-state index is 11.4. The molecule has 6 heterocycles. The van der Waals surface area contributed by atoms with Gasteiger partial charge in [0.05, 0.1) is 56.5 Å². The van der Waals surface area contributed by atoms with Gasteiger partial charge in [0, 0.05) is 84.8 Å². The highest BCUT2D eigenvalue weighted by Gasteiger charge is 2.29. The summed E-state index contributed by atoms with van der Waals surface area (Å²) < 4.78 is 12.2. The number of alkyl halides is 1. The van der Waals surface area contributed by atoms with Crippen molar-refractivity contribution in [2.24, 2.45) is 5.92 Å². The molecule has 20 heteroatoms. The molecule has 2 unspecified atom stereocenters. The van der Waals surface area contributed by atoms with E-state index in [4.69, 9.17) is 44.3 Å². The molecule has 0 radical (unpaired) electrons. The molecular formula is C76H85Cl3N10O3S4. The van der Waals surface area contributed by atoms with Crippen molar-refractivity contribution >= 4 is 128 Å². The van der Waals surface area contributed by atoms with Crippen molar-refractivity contribution in [2.75, 3.05) is 126 Å². The number of halogens is 3. The lowest BCUT2D eigenvalue weighted by molar-refractivity contribution is -0.113. The van der Waals surface area contributed by atoms with Gasteiger partial charge in [-0.1, -0.05) is 126 Å². The molecule has 5 aliphatic rings. The van der Waals surface area contributed by atoms with Gasteiger partial charge in [-0.25, -0.2) is 4.68 Å².